The zero-order valence-electron chi connectivity index (χ0n) is 8.83. The molecule has 1 heterocycles. The van der Waals surface area contributed by atoms with Crippen LogP contribution in [-0.4, -0.2) is 32.5 Å². The summed E-state index contributed by atoms with van der Waals surface area (Å²) in [5, 5.41) is 38.5. The van der Waals surface area contributed by atoms with Gasteiger partial charge in [-0.25, -0.2) is 4.79 Å². The maximum absolute atomic E-state index is 11.1. The van der Waals surface area contributed by atoms with Crippen LogP contribution >= 0.6 is 11.3 Å². The average molecular weight is 256 g/mol. The second-order valence-corrected chi connectivity index (χ2v) is 5.13. The van der Waals surface area contributed by atoms with Gasteiger partial charge in [-0.2, -0.15) is 0 Å². The Hall–Kier alpha value is -1.21. The Bertz CT molecular complexity index is 480. The molecule has 0 unspecified atom stereocenters. The van der Waals surface area contributed by atoms with E-state index in [9.17, 15) is 20.1 Å². The van der Waals surface area contributed by atoms with Crippen LogP contribution in [0.1, 0.15) is 27.8 Å². The fourth-order valence-electron chi connectivity index (χ4n) is 1.97. The van der Waals surface area contributed by atoms with Gasteiger partial charge in [-0.15, -0.1) is 11.3 Å². The molecule has 4 N–H and O–H groups in total. The van der Waals surface area contributed by atoms with Gasteiger partial charge in [0.15, 0.2) is 5.60 Å². The first-order chi connectivity index (χ1) is 7.90. The van der Waals surface area contributed by atoms with Crippen molar-refractivity contribution in [3.8, 4) is 0 Å². The Morgan fingerprint density at radius 1 is 1.59 bits per heavy atom. The third-order valence-corrected chi connectivity index (χ3v) is 4.12. The zero-order valence-corrected chi connectivity index (χ0v) is 9.65. The smallest absolute Gasteiger partial charge is 0.340 e. The van der Waals surface area contributed by atoms with Crippen molar-refractivity contribution in [3.63, 3.8) is 0 Å². The molecule has 0 radical (unpaired) electrons. The number of carbonyl (C=O) groups is 1. The quantitative estimate of drug-likeness (QED) is 0.616. The van der Waals surface area contributed by atoms with Crippen molar-refractivity contribution < 1.29 is 25.2 Å². The standard InChI is InChI=1S/C11H12O5S/c1-2-5-3-6-9(17-5)8(13)7(12)4-11(6,16)10(14)15/h2-3,7-8,12-13,16H,1,4H2,(H,14,15)/t7-,8+,11+/m1/s1. The van der Waals surface area contributed by atoms with Gasteiger partial charge in [-0.05, 0) is 6.07 Å². The van der Waals surface area contributed by atoms with E-state index >= 15 is 0 Å². The van der Waals surface area contributed by atoms with Crippen molar-refractivity contribution in [1.29, 1.82) is 0 Å². The Balaban J connectivity index is 2.63. The molecule has 0 amide bonds. The molecule has 1 aliphatic rings. The Labute approximate surface area is 101 Å². The van der Waals surface area contributed by atoms with Crippen LogP contribution in [-0.2, 0) is 10.4 Å². The van der Waals surface area contributed by atoms with Gasteiger partial charge in [0.25, 0.3) is 0 Å². The molecule has 3 atom stereocenters. The summed E-state index contributed by atoms with van der Waals surface area (Å²) >= 11 is 1.12. The van der Waals surface area contributed by atoms with Crippen LogP contribution in [0.25, 0.3) is 6.08 Å². The van der Waals surface area contributed by atoms with Crippen molar-refractivity contribution >= 4 is 23.4 Å². The van der Waals surface area contributed by atoms with E-state index in [2.05, 4.69) is 6.58 Å². The number of fused-ring (bicyclic) bond motifs is 1. The summed E-state index contributed by atoms with van der Waals surface area (Å²) in [6, 6.07) is 1.48. The summed E-state index contributed by atoms with van der Waals surface area (Å²) in [4.78, 5) is 12.0. The first-order valence-electron chi connectivity index (χ1n) is 4.98. The van der Waals surface area contributed by atoms with Crippen molar-refractivity contribution in [2.24, 2.45) is 0 Å². The van der Waals surface area contributed by atoms with E-state index in [1.54, 1.807) is 0 Å². The average Bonchev–Trinajstić information content (AvgIpc) is 2.70. The van der Waals surface area contributed by atoms with E-state index in [-0.39, 0.29) is 10.4 Å². The van der Waals surface area contributed by atoms with Crippen molar-refractivity contribution in [1.82, 2.24) is 0 Å². The molecule has 0 aliphatic heterocycles. The van der Waals surface area contributed by atoms with Crippen molar-refractivity contribution in [2.45, 2.75) is 24.2 Å². The van der Waals surface area contributed by atoms with Crippen LogP contribution < -0.4 is 0 Å². The van der Waals surface area contributed by atoms with Crippen LogP contribution in [0.2, 0.25) is 0 Å². The minimum Gasteiger partial charge on any atom is -0.479 e. The highest BCUT2D eigenvalue weighted by Crippen LogP contribution is 2.45. The number of thiophene rings is 1. The number of aliphatic carboxylic acids is 1. The van der Waals surface area contributed by atoms with E-state index in [0.717, 1.165) is 11.3 Å². The predicted molar refractivity (Wildman–Crippen MR) is 61.5 cm³/mol. The van der Waals surface area contributed by atoms with Gasteiger partial charge < -0.3 is 20.4 Å². The van der Waals surface area contributed by atoms with Gasteiger partial charge >= 0.3 is 5.97 Å². The molecule has 6 heteroatoms. The van der Waals surface area contributed by atoms with E-state index in [0.29, 0.717) is 4.88 Å². The lowest BCUT2D eigenvalue weighted by molar-refractivity contribution is -0.168. The van der Waals surface area contributed by atoms with E-state index in [1.165, 1.54) is 12.1 Å². The minimum absolute atomic E-state index is 0.141. The fraction of sp³-hybridized carbons (Fsp3) is 0.364. The van der Waals surface area contributed by atoms with Crippen LogP contribution in [0.4, 0.5) is 0 Å². The summed E-state index contributed by atoms with van der Waals surface area (Å²) in [7, 11) is 0. The first-order valence-corrected chi connectivity index (χ1v) is 5.80. The number of carboxylic acids is 1. The number of rotatable bonds is 2. The molecule has 92 valence electrons. The van der Waals surface area contributed by atoms with Gasteiger partial charge in [-0.3, -0.25) is 0 Å². The van der Waals surface area contributed by atoms with Crippen molar-refractivity contribution in [2.75, 3.05) is 0 Å². The van der Waals surface area contributed by atoms with Gasteiger partial charge in [0.2, 0.25) is 0 Å². The number of hydrogen-bond donors (Lipinski definition) is 4. The lowest BCUT2D eigenvalue weighted by Gasteiger charge is -2.34. The number of aliphatic hydroxyl groups is 3. The monoisotopic (exact) mass is 256 g/mol. The molecule has 1 aromatic heterocycles. The van der Waals surface area contributed by atoms with Crippen LogP contribution in [0.5, 0.6) is 0 Å². The molecule has 0 fully saturated rings. The van der Waals surface area contributed by atoms with E-state index in [4.69, 9.17) is 5.11 Å². The second-order valence-electron chi connectivity index (χ2n) is 4.01. The third-order valence-electron chi connectivity index (χ3n) is 2.92. The topological polar surface area (TPSA) is 98.0 Å². The second kappa shape index (κ2) is 3.92. The zero-order chi connectivity index (χ0) is 12.8. The molecule has 1 aromatic rings. The largest absolute Gasteiger partial charge is 0.479 e. The summed E-state index contributed by atoms with van der Waals surface area (Å²) in [5.74, 6) is -1.43. The predicted octanol–water partition coefficient (Wildman–Crippen LogP) is 0.461. The molecule has 5 nitrogen and oxygen atoms in total. The molecule has 0 saturated heterocycles. The number of hydrogen-bond acceptors (Lipinski definition) is 5. The lowest BCUT2D eigenvalue weighted by atomic mass is 9.80. The van der Waals surface area contributed by atoms with Crippen LogP contribution in [0, 0.1) is 0 Å². The third kappa shape index (κ3) is 1.69. The van der Waals surface area contributed by atoms with Crippen molar-refractivity contribution in [3.05, 3.63) is 28.0 Å². The molecule has 0 saturated carbocycles. The van der Waals surface area contributed by atoms with Gasteiger partial charge in [0, 0.05) is 21.7 Å². The normalized spacial score (nSPS) is 31.9. The molecular formula is C11H12O5S. The minimum atomic E-state index is -2.15. The van der Waals surface area contributed by atoms with E-state index in [1.807, 2.05) is 0 Å². The first kappa shape index (κ1) is 12.3. The molecule has 0 spiro atoms. The molecule has 0 aromatic carbocycles. The molecule has 0 bridgehead atoms. The van der Waals surface area contributed by atoms with Gasteiger partial charge in [-0.1, -0.05) is 12.7 Å². The van der Waals surface area contributed by atoms with E-state index < -0.39 is 30.2 Å². The summed E-state index contributed by atoms with van der Waals surface area (Å²) in [5.41, 5.74) is -2.01. The fourth-order valence-corrected chi connectivity index (χ4v) is 3.10. The molecule has 1 aliphatic carbocycles. The molecule has 17 heavy (non-hydrogen) atoms. The maximum Gasteiger partial charge on any atom is 0.340 e. The summed E-state index contributed by atoms with van der Waals surface area (Å²) < 4.78 is 0. The highest BCUT2D eigenvalue weighted by Gasteiger charge is 2.49. The van der Waals surface area contributed by atoms with Gasteiger partial charge in [0.1, 0.15) is 6.10 Å². The Morgan fingerprint density at radius 2 is 2.24 bits per heavy atom. The molecular weight excluding hydrogens is 244 g/mol. The van der Waals surface area contributed by atoms with Crippen LogP contribution in [0.3, 0.4) is 0 Å². The van der Waals surface area contributed by atoms with Gasteiger partial charge in [0.05, 0.1) is 6.10 Å². The maximum atomic E-state index is 11.1. The molecule has 2 rings (SSSR count). The SMILES string of the molecule is C=Cc1cc2c(s1)[C@@H](O)[C@H](O)C[C@@]2(O)C(=O)O. The lowest BCUT2D eigenvalue weighted by Crippen LogP contribution is -2.44. The highest BCUT2D eigenvalue weighted by molar-refractivity contribution is 7.13. The number of aliphatic hydroxyl groups excluding tert-OH is 2. The number of carboxylic acid groups (broad SMARTS) is 1. The van der Waals surface area contributed by atoms with Crippen LogP contribution in [0.15, 0.2) is 12.6 Å². The highest BCUT2D eigenvalue weighted by atomic mass is 32.1. The Kier molecular flexibility index (Phi) is 2.82. The Morgan fingerprint density at radius 3 is 2.76 bits per heavy atom. The summed E-state index contributed by atoms with van der Waals surface area (Å²) in [6.07, 6.45) is -1.38. The summed E-state index contributed by atoms with van der Waals surface area (Å²) in [6.45, 7) is 3.55.